The number of nitrogens with one attached hydrogen (secondary N) is 1. The molecule has 1 saturated heterocycles. The third-order valence-corrected chi connectivity index (χ3v) is 7.19. The number of aromatic nitrogens is 1. The fourth-order valence-electron chi connectivity index (χ4n) is 3.78. The molecule has 0 bridgehead atoms. The van der Waals surface area contributed by atoms with E-state index >= 15 is 0 Å². The van der Waals surface area contributed by atoms with Crippen molar-refractivity contribution in [1.29, 1.82) is 0 Å². The predicted octanol–water partition coefficient (Wildman–Crippen LogP) is 2.40. The van der Waals surface area contributed by atoms with Gasteiger partial charge in [0.2, 0.25) is 5.91 Å². The van der Waals surface area contributed by atoms with Gasteiger partial charge in [-0.15, -0.1) is 0 Å². The molecular weight excluding hydrogens is 512 g/mol. The molecule has 0 aliphatic carbocycles. The van der Waals surface area contributed by atoms with Crippen LogP contribution >= 0.6 is 0 Å². The Bertz CT molecular complexity index is 1260. The van der Waals surface area contributed by atoms with Gasteiger partial charge in [0.15, 0.2) is 21.4 Å². The van der Waals surface area contributed by atoms with Crippen LogP contribution in [0.2, 0.25) is 0 Å². The summed E-state index contributed by atoms with van der Waals surface area (Å²) in [6.45, 7) is 2.98. The van der Waals surface area contributed by atoms with Crippen LogP contribution in [0.15, 0.2) is 41.9 Å². The monoisotopic (exact) mass is 546 g/mol. The molecule has 0 spiro atoms. The van der Waals surface area contributed by atoms with E-state index in [0.717, 1.165) is 18.5 Å². The van der Waals surface area contributed by atoms with Crippen LogP contribution in [0.25, 0.3) is 6.08 Å². The fraction of sp³-hybridized carbons (Fsp3) is 0.385. The fourth-order valence-corrected chi connectivity index (χ4v) is 4.79. The standard InChI is InChI=1S/C26H34N4O7S/c1-29-11-13-30(14-12-29)25(31)8-10-27-26-22(35-3)7-6-19(28-26)18-38(32,33)15-9-21-23(36-4)16-20(34-2)17-24(21)37-5/h6-10,15-17H,11-14,18H2,1-5H3,(H,27,28)/b10-8-,15-9+. The molecule has 2 heterocycles. The molecule has 1 aliphatic rings. The van der Waals surface area contributed by atoms with E-state index in [0.29, 0.717) is 53.2 Å². The van der Waals surface area contributed by atoms with E-state index < -0.39 is 9.84 Å². The molecule has 1 aromatic heterocycles. The number of benzene rings is 1. The lowest BCUT2D eigenvalue weighted by molar-refractivity contribution is -0.127. The molecule has 38 heavy (non-hydrogen) atoms. The van der Waals surface area contributed by atoms with Crippen LogP contribution in [-0.2, 0) is 20.4 Å². The lowest BCUT2D eigenvalue weighted by atomic mass is 10.1. The number of methoxy groups -OCH3 is 4. The molecule has 12 heteroatoms. The van der Waals surface area contributed by atoms with E-state index in [4.69, 9.17) is 18.9 Å². The van der Waals surface area contributed by atoms with E-state index in [2.05, 4.69) is 15.2 Å². The van der Waals surface area contributed by atoms with Crippen LogP contribution in [-0.4, -0.2) is 90.8 Å². The minimum Gasteiger partial charge on any atom is -0.496 e. The Morgan fingerprint density at radius 1 is 0.974 bits per heavy atom. The van der Waals surface area contributed by atoms with Gasteiger partial charge in [-0.05, 0) is 25.3 Å². The Morgan fingerprint density at radius 3 is 2.18 bits per heavy atom. The number of hydrogen-bond donors (Lipinski definition) is 1. The maximum atomic E-state index is 12.9. The van der Waals surface area contributed by atoms with Crippen LogP contribution in [0.3, 0.4) is 0 Å². The van der Waals surface area contributed by atoms with Gasteiger partial charge in [0.25, 0.3) is 0 Å². The Balaban J connectivity index is 1.74. The number of ether oxygens (including phenoxy) is 4. The molecule has 1 aromatic carbocycles. The predicted molar refractivity (Wildman–Crippen MR) is 145 cm³/mol. The van der Waals surface area contributed by atoms with Crippen LogP contribution in [0.1, 0.15) is 11.3 Å². The summed E-state index contributed by atoms with van der Waals surface area (Å²) in [6.07, 6.45) is 4.32. The van der Waals surface area contributed by atoms with Crippen LogP contribution in [0, 0.1) is 0 Å². The Morgan fingerprint density at radius 2 is 1.61 bits per heavy atom. The number of pyridine rings is 1. The first-order chi connectivity index (χ1) is 18.2. The minimum absolute atomic E-state index is 0.113. The largest absolute Gasteiger partial charge is 0.496 e. The number of nitrogens with zero attached hydrogens (tertiary/aromatic N) is 3. The maximum absolute atomic E-state index is 12.9. The minimum atomic E-state index is -3.72. The van der Waals surface area contributed by atoms with Crippen molar-refractivity contribution < 1.29 is 32.2 Å². The van der Waals surface area contributed by atoms with E-state index in [1.54, 1.807) is 29.2 Å². The van der Waals surface area contributed by atoms with Gasteiger partial charge in [-0.25, -0.2) is 13.4 Å². The third kappa shape index (κ3) is 7.62. The van der Waals surface area contributed by atoms with Gasteiger partial charge in [-0.2, -0.15) is 0 Å². The van der Waals surface area contributed by atoms with Crippen molar-refractivity contribution in [2.24, 2.45) is 0 Å². The van der Waals surface area contributed by atoms with Crippen molar-refractivity contribution >= 4 is 27.6 Å². The lowest BCUT2D eigenvalue weighted by Gasteiger charge is -2.31. The summed E-state index contributed by atoms with van der Waals surface area (Å²) in [5.41, 5.74) is 0.755. The zero-order chi connectivity index (χ0) is 27.7. The smallest absolute Gasteiger partial charge is 0.248 e. The molecule has 206 valence electrons. The third-order valence-electron chi connectivity index (χ3n) is 5.94. The molecule has 1 amide bonds. The van der Waals surface area contributed by atoms with Crippen molar-refractivity contribution in [2.75, 3.05) is 67.0 Å². The average Bonchev–Trinajstić information content (AvgIpc) is 2.91. The summed E-state index contributed by atoms with van der Waals surface area (Å²) in [5, 5.41) is 4.03. The summed E-state index contributed by atoms with van der Waals surface area (Å²) in [4.78, 5) is 20.8. The number of rotatable bonds is 11. The van der Waals surface area contributed by atoms with Crippen molar-refractivity contribution in [1.82, 2.24) is 14.8 Å². The second-order valence-corrected chi connectivity index (χ2v) is 10.4. The van der Waals surface area contributed by atoms with E-state index in [9.17, 15) is 13.2 Å². The Hall–Kier alpha value is -3.77. The van der Waals surface area contributed by atoms with Crippen molar-refractivity contribution in [3.05, 3.63) is 53.2 Å². The average molecular weight is 547 g/mol. The molecule has 0 saturated carbocycles. The molecule has 1 fully saturated rings. The highest BCUT2D eigenvalue weighted by Crippen LogP contribution is 2.35. The number of piperazine rings is 1. The van der Waals surface area contributed by atoms with Gasteiger partial charge >= 0.3 is 0 Å². The first-order valence-electron chi connectivity index (χ1n) is 11.8. The van der Waals surface area contributed by atoms with E-state index in [1.807, 2.05) is 7.05 Å². The normalized spacial score (nSPS) is 14.6. The number of sulfone groups is 1. The number of carbonyl (C=O) groups is 1. The van der Waals surface area contributed by atoms with Gasteiger partial charge in [0.1, 0.15) is 17.2 Å². The number of hydrogen-bond acceptors (Lipinski definition) is 10. The number of likely N-dealkylation sites (N-methyl/N-ethyl adjacent to an activating group) is 1. The van der Waals surface area contributed by atoms with E-state index in [1.165, 1.54) is 46.8 Å². The van der Waals surface area contributed by atoms with Crippen molar-refractivity contribution in [2.45, 2.75) is 5.75 Å². The molecule has 2 aromatic rings. The quantitative estimate of drug-likeness (QED) is 0.421. The second-order valence-electron chi connectivity index (χ2n) is 8.52. The van der Waals surface area contributed by atoms with Gasteiger partial charge < -0.3 is 34.1 Å². The lowest BCUT2D eigenvalue weighted by Crippen LogP contribution is -2.46. The zero-order valence-corrected chi connectivity index (χ0v) is 23.1. The first-order valence-corrected chi connectivity index (χ1v) is 13.6. The van der Waals surface area contributed by atoms with Gasteiger partial charge in [-0.3, -0.25) is 4.79 Å². The molecule has 11 nitrogen and oxygen atoms in total. The summed E-state index contributed by atoms with van der Waals surface area (Å²) < 4.78 is 47.1. The highest BCUT2D eigenvalue weighted by atomic mass is 32.2. The summed E-state index contributed by atoms with van der Waals surface area (Å²) in [6, 6.07) is 6.47. The highest BCUT2D eigenvalue weighted by Gasteiger charge is 2.18. The first kappa shape index (κ1) is 28.8. The molecule has 0 atom stereocenters. The second kappa shape index (κ2) is 13.2. The number of anilines is 1. The highest BCUT2D eigenvalue weighted by molar-refractivity contribution is 7.93. The van der Waals surface area contributed by atoms with Crippen LogP contribution in [0.4, 0.5) is 5.82 Å². The number of amides is 1. The van der Waals surface area contributed by atoms with Crippen molar-refractivity contribution in [3.63, 3.8) is 0 Å². The van der Waals surface area contributed by atoms with Crippen LogP contribution < -0.4 is 24.3 Å². The summed E-state index contributed by atoms with van der Waals surface area (Å²) >= 11 is 0. The number of carbonyl (C=O) groups excluding carboxylic acids is 1. The molecule has 1 aliphatic heterocycles. The summed E-state index contributed by atoms with van der Waals surface area (Å²) in [5.74, 6) is 1.56. The molecule has 0 radical (unpaired) electrons. The maximum Gasteiger partial charge on any atom is 0.248 e. The molecule has 0 unspecified atom stereocenters. The van der Waals surface area contributed by atoms with E-state index in [-0.39, 0.29) is 11.7 Å². The summed E-state index contributed by atoms with van der Waals surface area (Å²) in [7, 11) is 4.24. The zero-order valence-electron chi connectivity index (χ0n) is 22.3. The Labute approximate surface area is 223 Å². The van der Waals surface area contributed by atoms with Gasteiger partial charge in [0, 0.05) is 56.0 Å². The topological polar surface area (TPSA) is 120 Å². The molecule has 1 N–H and O–H groups in total. The SMILES string of the molecule is COc1cc(OC)c(/C=C/S(=O)(=O)Cc2ccc(OC)c(N/C=C\C(=O)N3CCN(C)CC3)n2)c(OC)c1. The van der Waals surface area contributed by atoms with Crippen LogP contribution in [0.5, 0.6) is 23.0 Å². The Kier molecular flexibility index (Phi) is 9.97. The van der Waals surface area contributed by atoms with Gasteiger partial charge in [-0.1, -0.05) is 0 Å². The van der Waals surface area contributed by atoms with Crippen molar-refractivity contribution in [3.8, 4) is 23.0 Å². The van der Waals surface area contributed by atoms with Gasteiger partial charge in [0.05, 0.1) is 45.4 Å². The molecule has 3 rings (SSSR count). The molecular formula is C26H34N4O7S.